The topological polar surface area (TPSA) is 35.5 Å². The molecule has 0 saturated heterocycles. The molecule has 2 aromatic carbocycles. The first kappa shape index (κ1) is 14.6. The standard InChI is InChI=1S/C19H20O3/c1-3-6-13-9-10-16-14-7-4-5-8-15(14)18(17(16)11-13)12-22-19(20)21-2/h4-5,7-11,18H,3,6,12H2,1-2H3. The lowest BCUT2D eigenvalue weighted by Gasteiger charge is -2.14. The summed E-state index contributed by atoms with van der Waals surface area (Å²) in [5, 5.41) is 0. The Kier molecular flexibility index (Phi) is 4.14. The summed E-state index contributed by atoms with van der Waals surface area (Å²) in [5.74, 6) is 0.0853. The molecule has 3 nitrogen and oxygen atoms in total. The molecule has 0 bridgehead atoms. The molecule has 1 unspecified atom stereocenters. The Hall–Kier alpha value is -2.29. The number of fused-ring (bicyclic) bond motifs is 3. The van der Waals surface area contributed by atoms with Crippen LogP contribution in [0.3, 0.4) is 0 Å². The first-order valence-electron chi connectivity index (χ1n) is 7.67. The van der Waals surface area contributed by atoms with E-state index >= 15 is 0 Å². The zero-order chi connectivity index (χ0) is 15.5. The molecule has 0 amide bonds. The minimum absolute atomic E-state index is 0.0853. The van der Waals surface area contributed by atoms with Crippen LogP contribution in [-0.2, 0) is 15.9 Å². The van der Waals surface area contributed by atoms with Gasteiger partial charge >= 0.3 is 6.16 Å². The number of methoxy groups -OCH3 is 1. The van der Waals surface area contributed by atoms with Crippen LogP contribution in [-0.4, -0.2) is 19.9 Å². The van der Waals surface area contributed by atoms with Crippen LogP contribution in [0.25, 0.3) is 11.1 Å². The lowest BCUT2D eigenvalue weighted by molar-refractivity contribution is 0.0705. The van der Waals surface area contributed by atoms with Gasteiger partial charge in [0.15, 0.2) is 0 Å². The SMILES string of the molecule is CCCc1ccc2c(c1)C(COC(=O)OC)c1ccccc1-2. The zero-order valence-electron chi connectivity index (χ0n) is 13.0. The number of ether oxygens (including phenoxy) is 2. The number of carbonyl (C=O) groups is 1. The molecule has 1 aliphatic rings. The number of rotatable bonds is 4. The molecule has 0 aliphatic heterocycles. The quantitative estimate of drug-likeness (QED) is 0.777. The van der Waals surface area contributed by atoms with Gasteiger partial charge in [-0.05, 0) is 34.2 Å². The maximum atomic E-state index is 11.3. The Morgan fingerprint density at radius 2 is 1.86 bits per heavy atom. The number of carbonyl (C=O) groups excluding carboxylic acids is 1. The van der Waals surface area contributed by atoms with Gasteiger partial charge in [0, 0.05) is 5.92 Å². The van der Waals surface area contributed by atoms with E-state index in [-0.39, 0.29) is 5.92 Å². The van der Waals surface area contributed by atoms with Gasteiger partial charge in [0.1, 0.15) is 6.61 Å². The maximum Gasteiger partial charge on any atom is 0.508 e. The van der Waals surface area contributed by atoms with Gasteiger partial charge in [-0.25, -0.2) is 4.79 Å². The van der Waals surface area contributed by atoms with Crippen LogP contribution in [0.1, 0.15) is 36.0 Å². The highest BCUT2D eigenvalue weighted by atomic mass is 16.7. The number of benzene rings is 2. The molecule has 0 radical (unpaired) electrons. The molecule has 0 N–H and O–H groups in total. The fourth-order valence-electron chi connectivity index (χ4n) is 3.19. The molecule has 3 heteroatoms. The summed E-state index contributed by atoms with van der Waals surface area (Å²) in [7, 11) is 1.33. The molecular formula is C19H20O3. The molecule has 0 spiro atoms. The van der Waals surface area contributed by atoms with E-state index in [1.807, 2.05) is 12.1 Å². The first-order valence-corrected chi connectivity index (χ1v) is 7.67. The maximum absolute atomic E-state index is 11.3. The third-order valence-electron chi connectivity index (χ3n) is 4.19. The highest BCUT2D eigenvalue weighted by Crippen LogP contribution is 2.45. The van der Waals surface area contributed by atoms with Crippen LogP contribution < -0.4 is 0 Å². The van der Waals surface area contributed by atoms with E-state index in [1.54, 1.807) is 0 Å². The average molecular weight is 296 g/mol. The van der Waals surface area contributed by atoms with E-state index in [1.165, 1.54) is 34.9 Å². The molecule has 0 heterocycles. The van der Waals surface area contributed by atoms with Crippen molar-refractivity contribution in [2.24, 2.45) is 0 Å². The van der Waals surface area contributed by atoms with Crippen molar-refractivity contribution in [1.82, 2.24) is 0 Å². The van der Waals surface area contributed by atoms with Crippen LogP contribution in [0, 0.1) is 0 Å². The van der Waals surface area contributed by atoms with Gasteiger partial charge < -0.3 is 9.47 Å². The van der Waals surface area contributed by atoms with Gasteiger partial charge in [0.2, 0.25) is 0 Å². The average Bonchev–Trinajstić information content (AvgIpc) is 2.86. The van der Waals surface area contributed by atoms with Crippen LogP contribution in [0.15, 0.2) is 42.5 Å². The van der Waals surface area contributed by atoms with Gasteiger partial charge in [-0.15, -0.1) is 0 Å². The van der Waals surface area contributed by atoms with Crippen LogP contribution in [0.5, 0.6) is 0 Å². The minimum atomic E-state index is -0.629. The van der Waals surface area contributed by atoms with E-state index in [2.05, 4.69) is 42.0 Å². The number of hydrogen-bond acceptors (Lipinski definition) is 3. The molecule has 3 rings (SSSR count). The van der Waals surface area contributed by atoms with Gasteiger partial charge in [-0.3, -0.25) is 0 Å². The van der Waals surface area contributed by atoms with Crippen LogP contribution >= 0.6 is 0 Å². The zero-order valence-corrected chi connectivity index (χ0v) is 13.0. The summed E-state index contributed by atoms with van der Waals surface area (Å²) < 4.78 is 9.81. The monoisotopic (exact) mass is 296 g/mol. The summed E-state index contributed by atoms with van der Waals surface area (Å²) >= 11 is 0. The minimum Gasteiger partial charge on any atom is -0.438 e. The Labute approximate surface area is 130 Å². The van der Waals surface area contributed by atoms with E-state index in [9.17, 15) is 4.79 Å². The van der Waals surface area contributed by atoms with Crippen molar-refractivity contribution >= 4 is 6.16 Å². The van der Waals surface area contributed by atoms with Crippen molar-refractivity contribution in [3.63, 3.8) is 0 Å². The van der Waals surface area contributed by atoms with Gasteiger partial charge in [-0.2, -0.15) is 0 Å². The normalized spacial score (nSPS) is 15.1. The summed E-state index contributed by atoms with van der Waals surface area (Å²) in [6.45, 7) is 2.49. The van der Waals surface area contributed by atoms with E-state index in [0.29, 0.717) is 6.61 Å². The van der Waals surface area contributed by atoms with Crippen molar-refractivity contribution < 1.29 is 14.3 Å². The summed E-state index contributed by atoms with van der Waals surface area (Å²) in [6, 6.07) is 15.0. The summed E-state index contributed by atoms with van der Waals surface area (Å²) in [6.07, 6.45) is 1.55. The van der Waals surface area contributed by atoms with E-state index in [4.69, 9.17) is 4.74 Å². The Morgan fingerprint density at radius 3 is 2.64 bits per heavy atom. The van der Waals surface area contributed by atoms with Crippen molar-refractivity contribution in [1.29, 1.82) is 0 Å². The third kappa shape index (κ3) is 2.59. The molecule has 1 aliphatic carbocycles. The molecule has 0 saturated carbocycles. The number of hydrogen-bond donors (Lipinski definition) is 0. The molecule has 1 atom stereocenters. The predicted octanol–water partition coefficient (Wildman–Crippen LogP) is 4.53. The fraction of sp³-hybridized carbons (Fsp3) is 0.316. The van der Waals surface area contributed by atoms with Gasteiger partial charge in [0.25, 0.3) is 0 Å². The number of aryl methyl sites for hydroxylation is 1. The van der Waals surface area contributed by atoms with Gasteiger partial charge in [-0.1, -0.05) is 55.8 Å². The molecule has 0 fully saturated rings. The summed E-state index contributed by atoms with van der Waals surface area (Å²) in [4.78, 5) is 11.3. The first-order chi connectivity index (χ1) is 10.7. The highest BCUT2D eigenvalue weighted by molar-refractivity contribution is 5.79. The fourth-order valence-corrected chi connectivity index (χ4v) is 3.19. The second-order valence-electron chi connectivity index (χ2n) is 5.58. The van der Waals surface area contributed by atoms with Crippen molar-refractivity contribution in [2.45, 2.75) is 25.7 Å². The Bertz CT molecular complexity index is 691. The smallest absolute Gasteiger partial charge is 0.438 e. The van der Waals surface area contributed by atoms with Crippen LogP contribution in [0.2, 0.25) is 0 Å². The molecular weight excluding hydrogens is 276 g/mol. The molecule has 0 aromatic heterocycles. The Balaban J connectivity index is 1.98. The third-order valence-corrected chi connectivity index (χ3v) is 4.19. The Morgan fingerprint density at radius 1 is 1.09 bits per heavy atom. The molecule has 2 aromatic rings. The highest BCUT2D eigenvalue weighted by Gasteiger charge is 2.29. The van der Waals surface area contributed by atoms with E-state index in [0.717, 1.165) is 12.8 Å². The lowest BCUT2D eigenvalue weighted by atomic mass is 9.95. The largest absolute Gasteiger partial charge is 0.508 e. The molecule has 22 heavy (non-hydrogen) atoms. The van der Waals surface area contributed by atoms with Gasteiger partial charge in [0.05, 0.1) is 7.11 Å². The second-order valence-corrected chi connectivity index (χ2v) is 5.58. The lowest BCUT2D eigenvalue weighted by Crippen LogP contribution is -2.12. The molecule has 114 valence electrons. The predicted molar refractivity (Wildman–Crippen MR) is 86.1 cm³/mol. The van der Waals surface area contributed by atoms with Crippen molar-refractivity contribution in [2.75, 3.05) is 13.7 Å². The van der Waals surface area contributed by atoms with E-state index < -0.39 is 6.16 Å². The van der Waals surface area contributed by atoms with Crippen molar-refractivity contribution in [3.8, 4) is 11.1 Å². The second kappa shape index (κ2) is 6.22. The van der Waals surface area contributed by atoms with Crippen molar-refractivity contribution in [3.05, 3.63) is 59.2 Å². The summed E-state index contributed by atoms with van der Waals surface area (Å²) in [5.41, 5.74) is 6.27. The van der Waals surface area contributed by atoms with Crippen LogP contribution in [0.4, 0.5) is 4.79 Å².